The van der Waals surface area contributed by atoms with Crippen molar-refractivity contribution in [3.8, 4) is 0 Å². The number of cyclic esters (lactones) is 1. The van der Waals surface area contributed by atoms with Gasteiger partial charge in [-0.05, 0) is 30.5 Å². The maximum atomic E-state index is 11.4. The van der Waals surface area contributed by atoms with Gasteiger partial charge in [0.2, 0.25) is 0 Å². The van der Waals surface area contributed by atoms with E-state index in [0.717, 1.165) is 0 Å². The molecule has 1 N–H and O–H groups in total. The van der Waals surface area contributed by atoms with Crippen molar-refractivity contribution < 1.29 is 9.53 Å². The van der Waals surface area contributed by atoms with E-state index in [1.54, 1.807) is 0 Å². The molecule has 2 rings (SSSR count). The standard InChI is InChI=1S/C14H19NO2/c1-9-6-5-7-11(10(9)2)12-14(3,4)8-17-13(16)15-12/h5-7,12H,8H2,1-4H3,(H,15,16)/t12-/m1/s1. The molecule has 1 fully saturated rings. The van der Waals surface area contributed by atoms with Crippen LogP contribution in [0.4, 0.5) is 4.79 Å². The molecule has 0 unspecified atom stereocenters. The van der Waals surface area contributed by atoms with Gasteiger partial charge in [-0.1, -0.05) is 32.0 Å². The van der Waals surface area contributed by atoms with Crippen molar-refractivity contribution in [2.24, 2.45) is 5.41 Å². The SMILES string of the molecule is Cc1cccc([C@H]2NC(=O)OCC2(C)C)c1C. The normalized spacial score (nSPS) is 22.8. The molecule has 1 heterocycles. The van der Waals surface area contributed by atoms with Gasteiger partial charge in [-0.25, -0.2) is 4.79 Å². The Kier molecular flexibility index (Phi) is 2.86. The summed E-state index contributed by atoms with van der Waals surface area (Å²) in [6.45, 7) is 8.87. The zero-order valence-corrected chi connectivity index (χ0v) is 10.8. The van der Waals surface area contributed by atoms with Crippen molar-refractivity contribution in [1.29, 1.82) is 0 Å². The van der Waals surface area contributed by atoms with E-state index in [9.17, 15) is 4.79 Å². The minimum atomic E-state index is -0.324. The number of hydrogen-bond donors (Lipinski definition) is 1. The summed E-state index contributed by atoms with van der Waals surface area (Å²) >= 11 is 0. The van der Waals surface area contributed by atoms with Gasteiger partial charge in [-0.2, -0.15) is 0 Å². The fourth-order valence-electron chi connectivity index (χ4n) is 2.28. The molecule has 0 saturated carbocycles. The minimum absolute atomic E-state index is 0.0173. The fraction of sp³-hybridized carbons (Fsp3) is 0.500. The summed E-state index contributed by atoms with van der Waals surface area (Å²) < 4.78 is 5.06. The summed E-state index contributed by atoms with van der Waals surface area (Å²) in [7, 11) is 0. The van der Waals surface area contributed by atoms with Gasteiger partial charge in [0.15, 0.2) is 0 Å². The van der Waals surface area contributed by atoms with Gasteiger partial charge < -0.3 is 10.1 Å². The van der Waals surface area contributed by atoms with E-state index in [1.807, 2.05) is 6.07 Å². The van der Waals surface area contributed by atoms with Crippen LogP contribution in [0.1, 0.15) is 36.6 Å². The lowest BCUT2D eigenvalue weighted by atomic mass is 9.78. The number of benzene rings is 1. The number of rotatable bonds is 1. The summed E-state index contributed by atoms with van der Waals surface area (Å²) in [6.07, 6.45) is -0.324. The maximum absolute atomic E-state index is 11.4. The van der Waals surface area contributed by atoms with E-state index in [-0.39, 0.29) is 17.6 Å². The lowest BCUT2D eigenvalue weighted by molar-refractivity contribution is 0.0385. The topological polar surface area (TPSA) is 38.3 Å². The van der Waals surface area contributed by atoms with Crippen molar-refractivity contribution >= 4 is 6.09 Å². The number of ether oxygens (including phenoxy) is 1. The summed E-state index contributed by atoms with van der Waals surface area (Å²) in [5.41, 5.74) is 3.59. The monoisotopic (exact) mass is 233 g/mol. The zero-order chi connectivity index (χ0) is 12.6. The summed E-state index contributed by atoms with van der Waals surface area (Å²) in [5, 5.41) is 2.93. The van der Waals surface area contributed by atoms with Crippen LogP contribution in [0.2, 0.25) is 0 Å². The van der Waals surface area contributed by atoms with E-state index in [4.69, 9.17) is 4.74 Å². The molecule has 1 aliphatic rings. The van der Waals surface area contributed by atoms with Crippen molar-refractivity contribution in [2.75, 3.05) is 6.61 Å². The second-order valence-corrected chi connectivity index (χ2v) is 5.43. The Morgan fingerprint density at radius 3 is 2.76 bits per heavy atom. The van der Waals surface area contributed by atoms with Crippen molar-refractivity contribution in [3.05, 3.63) is 34.9 Å². The molecular weight excluding hydrogens is 214 g/mol. The average Bonchev–Trinajstić information content (AvgIpc) is 2.26. The molecule has 0 aromatic heterocycles. The maximum Gasteiger partial charge on any atom is 0.407 e. The lowest BCUT2D eigenvalue weighted by Gasteiger charge is -2.39. The van der Waals surface area contributed by atoms with Crippen LogP contribution in [0.15, 0.2) is 18.2 Å². The summed E-state index contributed by atoms with van der Waals surface area (Å²) in [6, 6.07) is 6.23. The average molecular weight is 233 g/mol. The molecule has 1 aliphatic heterocycles. The molecule has 92 valence electrons. The van der Waals surface area contributed by atoms with Gasteiger partial charge in [0.1, 0.15) is 6.61 Å². The smallest absolute Gasteiger partial charge is 0.407 e. The highest BCUT2D eigenvalue weighted by molar-refractivity contribution is 5.69. The lowest BCUT2D eigenvalue weighted by Crippen LogP contribution is -2.47. The number of hydrogen-bond acceptors (Lipinski definition) is 2. The first-order chi connectivity index (χ1) is 7.92. The van der Waals surface area contributed by atoms with E-state index in [1.165, 1.54) is 16.7 Å². The molecule has 1 aromatic carbocycles. The van der Waals surface area contributed by atoms with Crippen molar-refractivity contribution in [2.45, 2.75) is 33.7 Å². The molecule has 0 radical (unpaired) electrons. The quantitative estimate of drug-likeness (QED) is 0.809. The Hall–Kier alpha value is -1.51. The molecule has 0 spiro atoms. The molecule has 1 atom stereocenters. The van der Waals surface area contributed by atoms with E-state index in [0.29, 0.717) is 6.61 Å². The highest BCUT2D eigenvalue weighted by Crippen LogP contribution is 2.38. The van der Waals surface area contributed by atoms with Crippen LogP contribution in [0.25, 0.3) is 0 Å². The predicted octanol–water partition coefficient (Wildman–Crippen LogP) is 3.11. The Bertz CT molecular complexity index is 452. The molecule has 3 heteroatoms. The summed E-state index contributed by atoms with van der Waals surface area (Å²) in [5.74, 6) is 0. The molecule has 3 nitrogen and oxygen atoms in total. The second kappa shape index (κ2) is 4.06. The zero-order valence-electron chi connectivity index (χ0n) is 10.8. The predicted molar refractivity (Wildman–Crippen MR) is 66.9 cm³/mol. The molecule has 0 aliphatic carbocycles. The van der Waals surface area contributed by atoms with Crippen LogP contribution in [0, 0.1) is 19.3 Å². The van der Waals surface area contributed by atoms with Gasteiger partial charge in [-0.3, -0.25) is 0 Å². The van der Waals surface area contributed by atoms with E-state index < -0.39 is 0 Å². The first kappa shape index (κ1) is 12.0. The number of aryl methyl sites for hydroxylation is 1. The van der Waals surface area contributed by atoms with Crippen LogP contribution in [0.3, 0.4) is 0 Å². The fourth-order valence-corrected chi connectivity index (χ4v) is 2.28. The van der Waals surface area contributed by atoms with Gasteiger partial charge in [0.05, 0.1) is 6.04 Å². The largest absolute Gasteiger partial charge is 0.449 e. The third-order valence-corrected chi connectivity index (χ3v) is 3.58. The highest BCUT2D eigenvalue weighted by atomic mass is 16.6. The molecule has 1 amide bonds. The number of amides is 1. The Morgan fingerprint density at radius 2 is 2.06 bits per heavy atom. The van der Waals surface area contributed by atoms with Gasteiger partial charge in [0, 0.05) is 5.41 Å². The molecular formula is C14H19NO2. The van der Waals surface area contributed by atoms with Crippen molar-refractivity contribution in [3.63, 3.8) is 0 Å². The van der Waals surface area contributed by atoms with E-state index in [2.05, 4.69) is 45.1 Å². The molecule has 0 bridgehead atoms. The van der Waals surface area contributed by atoms with Gasteiger partial charge >= 0.3 is 6.09 Å². The van der Waals surface area contributed by atoms with Crippen LogP contribution in [-0.4, -0.2) is 12.7 Å². The Balaban J connectivity index is 2.43. The van der Waals surface area contributed by atoms with E-state index >= 15 is 0 Å². The third-order valence-electron chi connectivity index (χ3n) is 3.58. The highest BCUT2D eigenvalue weighted by Gasteiger charge is 2.38. The summed E-state index contributed by atoms with van der Waals surface area (Å²) in [4.78, 5) is 11.4. The first-order valence-electron chi connectivity index (χ1n) is 5.91. The number of carbonyl (C=O) groups excluding carboxylic acids is 1. The van der Waals surface area contributed by atoms with Crippen LogP contribution in [-0.2, 0) is 4.74 Å². The number of nitrogens with one attached hydrogen (secondary N) is 1. The first-order valence-corrected chi connectivity index (χ1v) is 5.91. The van der Waals surface area contributed by atoms with Crippen LogP contribution < -0.4 is 5.32 Å². The van der Waals surface area contributed by atoms with Crippen LogP contribution in [0.5, 0.6) is 0 Å². The molecule has 1 aromatic rings. The van der Waals surface area contributed by atoms with Crippen molar-refractivity contribution in [1.82, 2.24) is 5.32 Å². The minimum Gasteiger partial charge on any atom is -0.449 e. The number of alkyl carbamates (subject to hydrolysis) is 1. The van der Waals surface area contributed by atoms with Gasteiger partial charge in [0.25, 0.3) is 0 Å². The van der Waals surface area contributed by atoms with Crippen LogP contribution >= 0.6 is 0 Å². The number of carbonyl (C=O) groups is 1. The Labute approximate surface area is 102 Å². The molecule has 17 heavy (non-hydrogen) atoms. The van der Waals surface area contributed by atoms with Gasteiger partial charge in [-0.15, -0.1) is 0 Å². The third kappa shape index (κ3) is 2.14. The molecule has 1 saturated heterocycles. The Morgan fingerprint density at radius 1 is 1.35 bits per heavy atom. The second-order valence-electron chi connectivity index (χ2n) is 5.43.